The van der Waals surface area contributed by atoms with Crippen LogP contribution in [-0.4, -0.2) is 37.8 Å². The lowest BCUT2D eigenvalue weighted by molar-refractivity contribution is 0.102. The van der Waals surface area contributed by atoms with E-state index in [9.17, 15) is 14.3 Å². The van der Waals surface area contributed by atoms with Crippen molar-refractivity contribution in [3.8, 4) is 0 Å². The van der Waals surface area contributed by atoms with Crippen LogP contribution in [-0.2, 0) is 0 Å². The molecule has 1 amide bonds. The van der Waals surface area contributed by atoms with Crippen molar-refractivity contribution in [2.75, 3.05) is 10.6 Å². The third-order valence-corrected chi connectivity index (χ3v) is 6.62. The highest BCUT2D eigenvalue weighted by Gasteiger charge is 2.27. The minimum atomic E-state index is -0.355. The minimum Gasteiger partial charge on any atom is -0.393 e. The second-order valence-corrected chi connectivity index (χ2v) is 9.37. The molecular weight excluding hydrogens is 433 g/mol. The number of hydrogen-bond donors (Lipinski definition) is 3. The number of aliphatic hydroxyl groups is 1. The Balaban J connectivity index is 1.63. The molecule has 1 fully saturated rings. The van der Waals surface area contributed by atoms with E-state index in [4.69, 9.17) is 5.10 Å². The Hall–Kier alpha value is -3.00. The van der Waals surface area contributed by atoms with Crippen molar-refractivity contribution in [3.63, 3.8) is 0 Å². The number of carbonyl (C=O) groups is 1. The Morgan fingerprint density at radius 3 is 2.65 bits per heavy atom. The number of aromatic nitrogens is 3. The van der Waals surface area contributed by atoms with Crippen molar-refractivity contribution in [1.29, 1.82) is 0 Å². The Morgan fingerprint density at radius 1 is 1.21 bits per heavy atom. The van der Waals surface area contributed by atoms with Crippen LogP contribution in [0.5, 0.6) is 0 Å². The second-order valence-electron chi connectivity index (χ2n) is 9.37. The van der Waals surface area contributed by atoms with Gasteiger partial charge in [-0.1, -0.05) is 26.2 Å². The van der Waals surface area contributed by atoms with Crippen molar-refractivity contribution in [3.05, 3.63) is 53.6 Å². The van der Waals surface area contributed by atoms with Crippen molar-refractivity contribution < 1.29 is 14.3 Å². The predicted molar refractivity (Wildman–Crippen MR) is 132 cm³/mol. The lowest BCUT2D eigenvalue weighted by Gasteiger charge is -2.25. The van der Waals surface area contributed by atoms with Gasteiger partial charge < -0.3 is 15.7 Å². The average molecular weight is 468 g/mol. The average Bonchev–Trinajstić information content (AvgIpc) is 3.20. The minimum absolute atomic E-state index is 0.202. The van der Waals surface area contributed by atoms with E-state index in [0.29, 0.717) is 22.7 Å². The zero-order valence-electron chi connectivity index (χ0n) is 19.9. The van der Waals surface area contributed by atoms with Crippen LogP contribution in [0.1, 0.15) is 87.2 Å². The Morgan fingerprint density at radius 2 is 1.94 bits per heavy atom. The number of nitrogens with zero attached hydrogens (tertiary/aromatic N) is 3. The van der Waals surface area contributed by atoms with Crippen LogP contribution in [0.4, 0.5) is 16.0 Å². The van der Waals surface area contributed by atoms with Gasteiger partial charge in [-0.25, -0.2) is 13.9 Å². The van der Waals surface area contributed by atoms with Crippen LogP contribution in [0.3, 0.4) is 0 Å². The summed E-state index contributed by atoms with van der Waals surface area (Å²) in [7, 11) is 0. The molecule has 0 aliphatic heterocycles. The molecule has 1 saturated carbocycles. The Labute approximate surface area is 199 Å². The number of amides is 1. The molecule has 7 nitrogen and oxygen atoms in total. The van der Waals surface area contributed by atoms with E-state index in [2.05, 4.69) is 29.5 Å². The first-order valence-electron chi connectivity index (χ1n) is 12.3. The molecule has 3 aromatic rings. The number of benzene rings is 1. The molecule has 0 radical (unpaired) electrons. The van der Waals surface area contributed by atoms with Gasteiger partial charge in [-0.2, -0.15) is 0 Å². The summed E-state index contributed by atoms with van der Waals surface area (Å²) in [6.07, 6.45) is 9.15. The number of carbonyl (C=O) groups excluding carboxylic acids is 1. The van der Waals surface area contributed by atoms with Gasteiger partial charge in [-0.05, 0) is 69.4 Å². The molecule has 3 N–H and O–H groups in total. The monoisotopic (exact) mass is 467 g/mol. The third kappa shape index (κ3) is 5.73. The molecule has 1 unspecified atom stereocenters. The lowest BCUT2D eigenvalue weighted by atomic mass is 9.85. The molecule has 34 heavy (non-hydrogen) atoms. The first kappa shape index (κ1) is 24.1. The maximum absolute atomic E-state index is 13.3. The maximum Gasteiger partial charge on any atom is 0.257 e. The van der Waals surface area contributed by atoms with Crippen molar-refractivity contribution in [2.24, 2.45) is 0 Å². The molecule has 1 atom stereocenters. The van der Waals surface area contributed by atoms with Gasteiger partial charge in [0.2, 0.25) is 5.95 Å². The van der Waals surface area contributed by atoms with Gasteiger partial charge in [0.1, 0.15) is 5.82 Å². The van der Waals surface area contributed by atoms with E-state index in [1.54, 1.807) is 6.20 Å². The highest BCUT2D eigenvalue weighted by Crippen LogP contribution is 2.35. The molecule has 1 aliphatic rings. The fourth-order valence-electron chi connectivity index (χ4n) is 4.65. The van der Waals surface area contributed by atoms with E-state index < -0.39 is 0 Å². The molecule has 0 saturated heterocycles. The molecular formula is C26H34FN5O2. The fourth-order valence-corrected chi connectivity index (χ4v) is 4.65. The highest BCUT2D eigenvalue weighted by atomic mass is 19.1. The first-order valence-corrected chi connectivity index (χ1v) is 12.3. The van der Waals surface area contributed by atoms with Gasteiger partial charge in [-0.3, -0.25) is 4.79 Å². The van der Waals surface area contributed by atoms with E-state index in [0.717, 1.165) is 44.2 Å². The van der Waals surface area contributed by atoms with Gasteiger partial charge >= 0.3 is 0 Å². The van der Waals surface area contributed by atoms with Crippen molar-refractivity contribution >= 4 is 23.1 Å². The number of hydrogen-bond acceptors (Lipinski definition) is 5. The quantitative estimate of drug-likeness (QED) is 0.361. The predicted octanol–water partition coefficient (Wildman–Crippen LogP) is 5.52. The summed E-state index contributed by atoms with van der Waals surface area (Å²) in [5, 5.41) is 21.0. The van der Waals surface area contributed by atoms with E-state index in [-0.39, 0.29) is 29.8 Å². The van der Waals surface area contributed by atoms with Gasteiger partial charge in [-0.15, -0.1) is 5.10 Å². The zero-order chi connectivity index (χ0) is 24.1. The Bertz CT molecular complexity index is 1110. The molecule has 2 heterocycles. The summed E-state index contributed by atoms with van der Waals surface area (Å²) in [5.41, 5.74) is 2.58. The van der Waals surface area contributed by atoms with Crippen molar-refractivity contribution in [1.82, 2.24) is 14.6 Å². The number of unbranched alkanes of at least 4 members (excludes halogenated alkanes) is 2. The van der Waals surface area contributed by atoms with Crippen LogP contribution >= 0.6 is 0 Å². The molecule has 182 valence electrons. The summed E-state index contributed by atoms with van der Waals surface area (Å²) in [6.45, 7) is 4.32. The van der Waals surface area contributed by atoms with Gasteiger partial charge in [0.05, 0.1) is 23.4 Å². The van der Waals surface area contributed by atoms with E-state index >= 15 is 0 Å². The second kappa shape index (κ2) is 11.0. The SMILES string of the molecule is CCCCCC(C)Nc1ncc2c(C(=O)Nc3ccc(F)cc3)cc(C3CCC(O)CC3)n2n1. The molecule has 4 rings (SSSR count). The van der Waals surface area contributed by atoms with Crippen LogP contribution in [0, 0.1) is 5.82 Å². The summed E-state index contributed by atoms with van der Waals surface area (Å²) in [4.78, 5) is 17.6. The Kier molecular flexibility index (Phi) is 7.77. The number of anilines is 2. The lowest BCUT2D eigenvalue weighted by Crippen LogP contribution is -2.20. The fraction of sp³-hybridized carbons (Fsp3) is 0.500. The van der Waals surface area contributed by atoms with E-state index in [1.807, 2.05) is 10.6 Å². The number of rotatable bonds is 9. The first-order chi connectivity index (χ1) is 16.4. The van der Waals surface area contributed by atoms with Gasteiger partial charge in [0.25, 0.3) is 5.91 Å². The molecule has 0 bridgehead atoms. The third-order valence-electron chi connectivity index (χ3n) is 6.62. The van der Waals surface area contributed by atoms with Gasteiger partial charge in [0, 0.05) is 23.3 Å². The summed E-state index contributed by atoms with van der Waals surface area (Å²) >= 11 is 0. The summed E-state index contributed by atoms with van der Waals surface area (Å²) in [5.74, 6) is 0.0950. The van der Waals surface area contributed by atoms with Crippen LogP contribution in [0.2, 0.25) is 0 Å². The van der Waals surface area contributed by atoms with Crippen LogP contribution in [0.25, 0.3) is 5.52 Å². The number of halogens is 1. The molecule has 1 aromatic carbocycles. The van der Waals surface area contributed by atoms with E-state index in [1.165, 1.54) is 37.1 Å². The molecule has 2 aromatic heterocycles. The standard InChI is InChI=1S/C26H34FN5O2/c1-3-4-5-6-17(2)29-26-28-16-24-22(25(34)30-20-11-9-19(27)10-12-20)15-23(32(24)31-26)18-7-13-21(33)14-8-18/h9-12,15-18,21,33H,3-8,13-14H2,1-2H3,(H,29,31)(H,30,34). The molecule has 1 aliphatic carbocycles. The zero-order valence-corrected chi connectivity index (χ0v) is 19.9. The number of nitrogens with one attached hydrogen (secondary N) is 2. The molecule has 8 heteroatoms. The number of aliphatic hydroxyl groups excluding tert-OH is 1. The van der Waals surface area contributed by atoms with Gasteiger partial charge in [0.15, 0.2) is 0 Å². The number of fused-ring (bicyclic) bond motifs is 1. The maximum atomic E-state index is 13.3. The summed E-state index contributed by atoms with van der Waals surface area (Å²) in [6, 6.07) is 7.83. The summed E-state index contributed by atoms with van der Waals surface area (Å²) < 4.78 is 15.1. The van der Waals surface area contributed by atoms with Crippen molar-refractivity contribution in [2.45, 2.75) is 83.3 Å². The normalized spacial score (nSPS) is 19.2. The highest BCUT2D eigenvalue weighted by molar-refractivity contribution is 6.09. The molecule has 0 spiro atoms. The smallest absolute Gasteiger partial charge is 0.257 e. The largest absolute Gasteiger partial charge is 0.393 e. The van der Waals surface area contributed by atoms with Crippen LogP contribution in [0.15, 0.2) is 36.5 Å². The van der Waals surface area contributed by atoms with Crippen LogP contribution < -0.4 is 10.6 Å². The topological polar surface area (TPSA) is 91.5 Å².